The second-order valence-corrected chi connectivity index (χ2v) is 4.18. The molecule has 0 aliphatic carbocycles. The van der Waals surface area contributed by atoms with Crippen molar-refractivity contribution in [3.63, 3.8) is 0 Å². The third-order valence-corrected chi connectivity index (χ3v) is 2.63. The quantitative estimate of drug-likeness (QED) is 0.787. The zero-order valence-corrected chi connectivity index (χ0v) is 10.8. The number of benzene rings is 1. The Labute approximate surface area is 105 Å². The van der Waals surface area contributed by atoms with Gasteiger partial charge in [0.2, 0.25) is 0 Å². The minimum atomic E-state index is -4.56. The van der Waals surface area contributed by atoms with Crippen LogP contribution in [0, 0.1) is 0 Å². The first-order valence-electron chi connectivity index (χ1n) is 4.81. The molecule has 0 radical (unpaired) electrons. The van der Waals surface area contributed by atoms with Gasteiger partial charge in [-0.1, -0.05) is 0 Å². The molecule has 2 nitrogen and oxygen atoms in total. The van der Waals surface area contributed by atoms with E-state index in [2.05, 4.69) is 15.9 Å². The molecule has 0 saturated carbocycles. The molecular formula is C11H10BrF3O2. The van der Waals surface area contributed by atoms with Gasteiger partial charge in [-0.05, 0) is 41.9 Å². The Balaban J connectivity index is 3.45. The minimum absolute atomic E-state index is 0.00680. The van der Waals surface area contributed by atoms with Crippen LogP contribution in [0.3, 0.4) is 0 Å². The summed E-state index contributed by atoms with van der Waals surface area (Å²) < 4.78 is 43.4. The number of hydrogen-bond acceptors (Lipinski definition) is 2. The van der Waals surface area contributed by atoms with Crippen molar-refractivity contribution in [3.05, 3.63) is 27.7 Å². The highest BCUT2D eigenvalue weighted by molar-refractivity contribution is 9.10. The number of ketones is 1. The summed E-state index contributed by atoms with van der Waals surface area (Å²) in [6, 6.07) is 2.13. The molecule has 0 bridgehead atoms. The Bertz CT molecular complexity index is 441. The molecule has 0 spiro atoms. The van der Waals surface area contributed by atoms with Crippen LogP contribution in [0.5, 0.6) is 5.75 Å². The molecule has 0 heterocycles. The van der Waals surface area contributed by atoms with Crippen molar-refractivity contribution in [3.8, 4) is 5.75 Å². The zero-order valence-electron chi connectivity index (χ0n) is 9.19. The first-order valence-corrected chi connectivity index (χ1v) is 5.61. The third-order valence-electron chi connectivity index (χ3n) is 2.04. The molecule has 1 aromatic rings. The van der Waals surface area contributed by atoms with Crippen molar-refractivity contribution in [2.75, 3.05) is 6.61 Å². The first-order chi connectivity index (χ1) is 7.77. The molecule has 0 amide bonds. The molecule has 0 aromatic heterocycles. The summed E-state index contributed by atoms with van der Waals surface area (Å²) in [4.78, 5) is 11.1. The van der Waals surface area contributed by atoms with Crippen LogP contribution in [0.4, 0.5) is 13.2 Å². The van der Waals surface area contributed by atoms with Gasteiger partial charge in [-0.25, -0.2) is 0 Å². The molecule has 0 N–H and O–H groups in total. The van der Waals surface area contributed by atoms with Gasteiger partial charge in [-0.15, -0.1) is 0 Å². The third kappa shape index (κ3) is 3.21. The Morgan fingerprint density at radius 1 is 1.41 bits per heavy atom. The lowest BCUT2D eigenvalue weighted by molar-refractivity contribution is -0.139. The van der Waals surface area contributed by atoms with Crippen LogP contribution in [0.2, 0.25) is 0 Å². The van der Waals surface area contributed by atoms with Crippen molar-refractivity contribution in [1.82, 2.24) is 0 Å². The fraction of sp³-hybridized carbons (Fsp3) is 0.364. The zero-order chi connectivity index (χ0) is 13.2. The topological polar surface area (TPSA) is 26.3 Å². The Morgan fingerprint density at radius 2 is 2.00 bits per heavy atom. The molecule has 0 fully saturated rings. The van der Waals surface area contributed by atoms with Crippen molar-refractivity contribution in [2.24, 2.45) is 0 Å². The summed E-state index contributed by atoms with van der Waals surface area (Å²) in [5.74, 6) is -0.718. The first kappa shape index (κ1) is 14.0. The van der Waals surface area contributed by atoms with Crippen LogP contribution in [0.1, 0.15) is 29.8 Å². The molecule has 1 rings (SSSR count). The minimum Gasteiger partial charge on any atom is -0.492 e. The summed E-state index contributed by atoms with van der Waals surface area (Å²) >= 11 is 2.98. The highest BCUT2D eigenvalue weighted by Gasteiger charge is 2.36. The summed E-state index contributed by atoms with van der Waals surface area (Å²) in [5.41, 5.74) is -0.952. The molecule has 0 saturated heterocycles. The predicted octanol–water partition coefficient (Wildman–Crippen LogP) is 4.07. The van der Waals surface area contributed by atoms with Crippen LogP contribution in [-0.4, -0.2) is 12.4 Å². The Morgan fingerprint density at radius 3 is 2.41 bits per heavy atom. The van der Waals surface area contributed by atoms with Crippen molar-refractivity contribution in [1.29, 1.82) is 0 Å². The van der Waals surface area contributed by atoms with Gasteiger partial charge >= 0.3 is 6.18 Å². The van der Waals surface area contributed by atoms with E-state index in [0.717, 1.165) is 6.07 Å². The number of hydrogen-bond donors (Lipinski definition) is 0. The SMILES string of the molecule is CCOc1c(Br)cc(C(C)=O)cc1C(F)(F)F. The van der Waals surface area contributed by atoms with E-state index in [1.54, 1.807) is 6.92 Å². The van der Waals surface area contributed by atoms with E-state index in [9.17, 15) is 18.0 Å². The van der Waals surface area contributed by atoms with Gasteiger partial charge in [-0.3, -0.25) is 4.79 Å². The second-order valence-electron chi connectivity index (χ2n) is 3.32. The number of halogens is 4. The molecule has 0 atom stereocenters. The summed E-state index contributed by atoms with van der Waals surface area (Å²) in [6.45, 7) is 2.91. The lowest BCUT2D eigenvalue weighted by Gasteiger charge is -2.15. The van der Waals surface area contributed by atoms with E-state index in [4.69, 9.17) is 4.74 Å². The van der Waals surface area contributed by atoms with Crippen LogP contribution in [-0.2, 0) is 6.18 Å². The Hall–Kier alpha value is -1.04. The standard InChI is InChI=1S/C11H10BrF3O2/c1-3-17-10-8(11(13,14)15)4-7(6(2)16)5-9(10)12/h4-5H,3H2,1-2H3. The summed E-state index contributed by atoms with van der Waals surface area (Å²) in [6.07, 6.45) is -4.56. The van der Waals surface area contributed by atoms with Crippen LogP contribution in [0.15, 0.2) is 16.6 Å². The van der Waals surface area contributed by atoms with Gasteiger partial charge < -0.3 is 4.74 Å². The number of alkyl halides is 3. The number of ether oxygens (including phenoxy) is 1. The smallest absolute Gasteiger partial charge is 0.420 e. The summed E-state index contributed by atoms with van der Waals surface area (Å²) in [5, 5.41) is 0. The van der Waals surface area contributed by atoms with Gasteiger partial charge in [0.25, 0.3) is 0 Å². The number of carbonyl (C=O) groups is 1. The van der Waals surface area contributed by atoms with Gasteiger partial charge in [0.05, 0.1) is 16.6 Å². The maximum absolute atomic E-state index is 12.8. The van der Waals surface area contributed by atoms with E-state index >= 15 is 0 Å². The molecule has 0 unspecified atom stereocenters. The van der Waals surface area contributed by atoms with Gasteiger partial charge in [-0.2, -0.15) is 13.2 Å². The van der Waals surface area contributed by atoms with Crippen LogP contribution >= 0.6 is 15.9 Å². The van der Waals surface area contributed by atoms with Crippen molar-refractivity contribution in [2.45, 2.75) is 20.0 Å². The van der Waals surface area contributed by atoms with E-state index < -0.39 is 17.5 Å². The number of carbonyl (C=O) groups excluding carboxylic acids is 1. The van der Waals surface area contributed by atoms with Crippen LogP contribution < -0.4 is 4.74 Å². The molecule has 17 heavy (non-hydrogen) atoms. The van der Waals surface area contributed by atoms with E-state index in [0.29, 0.717) is 0 Å². The van der Waals surface area contributed by atoms with Crippen LogP contribution in [0.25, 0.3) is 0 Å². The average Bonchev–Trinajstić information content (AvgIpc) is 2.18. The average molecular weight is 311 g/mol. The van der Waals surface area contributed by atoms with Crippen molar-refractivity contribution >= 4 is 21.7 Å². The number of rotatable bonds is 3. The van der Waals surface area contributed by atoms with Gasteiger partial charge in [0.15, 0.2) is 5.78 Å². The van der Waals surface area contributed by atoms with Gasteiger partial charge in [0.1, 0.15) is 5.75 Å². The van der Waals surface area contributed by atoms with E-state index in [1.165, 1.54) is 13.0 Å². The maximum Gasteiger partial charge on any atom is 0.420 e. The van der Waals surface area contributed by atoms with Gasteiger partial charge in [0, 0.05) is 5.56 Å². The molecule has 1 aromatic carbocycles. The fourth-order valence-electron chi connectivity index (χ4n) is 1.30. The predicted molar refractivity (Wildman–Crippen MR) is 60.3 cm³/mol. The highest BCUT2D eigenvalue weighted by atomic mass is 79.9. The van der Waals surface area contributed by atoms with E-state index in [-0.39, 0.29) is 22.4 Å². The molecule has 6 heteroatoms. The normalized spacial score (nSPS) is 11.4. The fourth-order valence-corrected chi connectivity index (χ4v) is 1.87. The molecule has 0 aliphatic heterocycles. The van der Waals surface area contributed by atoms with E-state index in [1.807, 2.05) is 0 Å². The Kier molecular flexibility index (Phi) is 4.19. The lowest BCUT2D eigenvalue weighted by Crippen LogP contribution is -2.11. The summed E-state index contributed by atoms with van der Waals surface area (Å²) in [7, 11) is 0. The van der Waals surface area contributed by atoms with Crippen molar-refractivity contribution < 1.29 is 22.7 Å². The molecule has 0 aliphatic rings. The molecular weight excluding hydrogens is 301 g/mol. The second kappa shape index (κ2) is 5.08. The monoisotopic (exact) mass is 310 g/mol. The lowest BCUT2D eigenvalue weighted by atomic mass is 10.1. The molecule has 94 valence electrons. The maximum atomic E-state index is 12.8. The largest absolute Gasteiger partial charge is 0.492 e. The highest BCUT2D eigenvalue weighted by Crippen LogP contribution is 2.41. The number of Topliss-reactive ketones (excluding diaryl/α,β-unsaturated/α-hetero) is 1.